The van der Waals surface area contributed by atoms with Crippen LogP contribution in [0.25, 0.3) is 0 Å². The van der Waals surface area contributed by atoms with Crippen molar-refractivity contribution in [3.63, 3.8) is 0 Å². The van der Waals surface area contributed by atoms with E-state index >= 15 is 0 Å². The smallest absolute Gasteiger partial charge is 0.0443 e. The van der Waals surface area contributed by atoms with Gasteiger partial charge in [-0.25, -0.2) is 0 Å². The van der Waals surface area contributed by atoms with Crippen molar-refractivity contribution in [3.8, 4) is 0 Å². The van der Waals surface area contributed by atoms with Gasteiger partial charge in [0.05, 0.1) is 0 Å². The van der Waals surface area contributed by atoms with Gasteiger partial charge in [0, 0.05) is 24.0 Å². The molecule has 0 amide bonds. The molecule has 2 heteroatoms. The summed E-state index contributed by atoms with van der Waals surface area (Å²) in [5, 5.41) is 0. The quantitative estimate of drug-likeness (QED) is 0.807. The van der Waals surface area contributed by atoms with E-state index < -0.39 is 0 Å². The highest BCUT2D eigenvalue weighted by Gasteiger charge is 2.26. The second-order valence-corrected chi connectivity index (χ2v) is 6.97. The summed E-state index contributed by atoms with van der Waals surface area (Å²) >= 11 is 0. The summed E-state index contributed by atoms with van der Waals surface area (Å²) in [6, 6.07) is 18.7. The Morgan fingerprint density at radius 1 is 0.913 bits per heavy atom. The van der Waals surface area contributed by atoms with Crippen LogP contribution in [-0.2, 0) is 12.8 Å². The third kappa shape index (κ3) is 3.13. The van der Waals surface area contributed by atoms with Crippen LogP contribution in [0.1, 0.15) is 30.4 Å². The highest BCUT2D eigenvalue weighted by Crippen LogP contribution is 2.36. The van der Waals surface area contributed by atoms with E-state index in [0.717, 1.165) is 25.4 Å². The first-order chi connectivity index (χ1) is 11.3. The predicted octanol–water partition coefficient (Wildman–Crippen LogP) is 4.41. The van der Waals surface area contributed by atoms with Crippen LogP contribution < -0.4 is 4.90 Å². The Labute approximate surface area is 139 Å². The number of aryl methyl sites for hydroxylation is 2. The molecule has 2 nitrogen and oxygen atoms in total. The highest BCUT2D eigenvalue weighted by molar-refractivity contribution is 5.71. The molecule has 4 rings (SSSR count). The van der Waals surface area contributed by atoms with Crippen molar-refractivity contribution >= 4 is 11.4 Å². The summed E-state index contributed by atoms with van der Waals surface area (Å²) in [4.78, 5) is 5.09. The van der Waals surface area contributed by atoms with Crippen LogP contribution in [0.4, 0.5) is 11.4 Å². The third-order valence-corrected chi connectivity index (χ3v) is 5.29. The van der Waals surface area contributed by atoms with Gasteiger partial charge in [0.15, 0.2) is 0 Å². The lowest BCUT2D eigenvalue weighted by molar-refractivity contribution is 0.321. The molecule has 0 saturated heterocycles. The summed E-state index contributed by atoms with van der Waals surface area (Å²) in [6.07, 6.45) is 6.30. The lowest BCUT2D eigenvalue weighted by atomic mass is 10.0. The molecule has 1 heterocycles. The molecule has 0 spiro atoms. The molecule has 0 aromatic heterocycles. The molecule has 0 unspecified atom stereocenters. The van der Waals surface area contributed by atoms with Crippen molar-refractivity contribution in [2.75, 3.05) is 25.0 Å². The van der Waals surface area contributed by atoms with Gasteiger partial charge in [0.2, 0.25) is 0 Å². The summed E-state index contributed by atoms with van der Waals surface area (Å²) in [7, 11) is 2.28. The van der Waals surface area contributed by atoms with Crippen LogP contribution in [0, 0.1) is 0 Å². The standard InChI is InChI=1S/C21H26N2/c1-22(19-13-14-19)15-6-16-23-20-9-4-2-7-17(20)11-12-18-8-3-5-10-21(18)23/h2-5,7-10,19H,6,11-16H2,1H3. The third-order valence-electron chi connectivity index (χ3n) is 5.29. The zero-order valence-electron chi connectivity index (χ0n) is 14.0. The largest absolute Gasteiger partial charge is 0.341 e. The molecule has 0 bridgehead atoms. The van der Waals surface area contributed by atoms with E-state index in [1.54, 1.807) is 0 Å². The fourth-order valence-electron chi connectivity index (χ4n) is 3.79. The van der Waals surface area contributed by atoms with Gasteiger partial charge in [0.1, 0.15) is 0 Å². The molecule has 120 valence electrons. The molecule has 1 aliphatic heterocycles. The van der Waals surface area contributed by atoms with Crippen molar-refractivity contribution in [1.82, 2.24) is 4.90 Å². The summed E-state index contributed by atoms with van der Waals surface area (Å²) in [5.74, 6) is 0. The number of hydrogen-bond acceptors (Lipinski definition) is 2. The SMILES string of the molecule is CN(CCCN1c2ccccc2CCc2ccccc21)C1CC1. The topological polar surface area (TPSA) is 6.48 Å². The summed E-state index contributed by atoms with van der Waals surface area (Å²) in [6.45, 7) is 2.30. The fraction of sp³-hybridized carbons (Fsp3) is 0.429. The zero-order valence-corrected chi connectivity index (χ0v) is 14.0. The molecular formula is C21H26N2. The fourth-order valence-corrected chi connectivity index (χ4v) is 3.79. The van der Waals surface area contributed by atoms with Crippen LogP contribution >= 0.6 is 0 Å². The Kier molecular flexibility index (Phi) is 4.09. The van der Waals surface area contributed by atoms with Crippen molar-refractivity contribution in [1.29, 1.82) is 0 Å². The van der Waals surface area contributed by atoms with E-state index in [1.807, 2.05) is 0 Å². The van der Waals surface area contributed by atoms with Crippen molar-refractivity contribution < 1.29 is 0 Å². The summed E-state index contributed by atoms with van der Waals surface area (Å²) in [5.41, 5.74) is 5.79. The van der Waals surface area contributed by atoms with Gasteiger partial charge >= 0.3 is 0 Å². The number of rotatable bonds is 5. The van der Waals surface area contributed by atoms with E-state index in [2.05, 4.69) is 65.4 Å². The first kappa shape index (κ1) is 14.8. The van der Waals surface area contributed by atoms with Crippen molar-refractivity contribution in [2.24, 2.45) is 0 Å². The Balaban J connectivity index is 1.58. The van der Waals surface area contributed by atoms with E-state index in [9.17, 15) is 0 Å². The van der Waals surface area contributed by atoms with Gasteiger partial charge in [-0.2, -0.15) is 0 Å². The average Bonchev–Trinajstić information content (AvgIpc) is 3.43. The maximum Gasteiger partial charge on any atom is 0.0443 e. The van der Waals surface area contributed by atoms with E-state index in [1.165, 1.54) is 48.3 Å². The Hall–Kier alpha value is -1.80. The molecule has 23 heavy (non-hydrogen) atoms. The molecule has 1 saturated carbocycles. The first-order valence-corrected chi connectivity index (χ1v) is 8.96. The normalized spacial score (nSPS) is 16.9. The summed E-state index contributed by atoms with van der Waals surface area (Å²) < 4.78 is 0. The van der Waals surface area contributed by atoms with Crippen LogP contribution in [0.3, 0.4) is 0 Å². The molecule has 0 radical (unpaired) electrons. The number of para-hydroxylation sites is 2. The molecule has 2 aromatic carbocycles. The second kappa shape index (κ2) is 6.37. The molecular weight excluding hydrogens is 280 g/mol. The van der Waals surface area contributed by atoms with Crippen LogP contribution in [0.5, 0.6) is 0 Å². The van der Waals surface area contributed by atoms with Gasteiger partial charge in [-0.1, -0.05) is 36.4 Å². The lowest BCUT2D eigenvalue weighted by Crippen LogP contribution is -2.27. The minimum atomic E-state index is 0.860. The Morgan fingerprint density at radius 2 is 1.48 bits per heavy atom. The van der Waals surface area contributed by atoms with Gasteiger partial charge < -0.3 is 9.80 Å². The van der Waals surface area contributed by atoms with E-state index in [-0.39, 0.29) is 0 Å². The molecule has 2 aliphatic rings. The molecule has 2 aromatic rings. The van der Waals surface area contributed by atoms with Gasteiger partial charge in [-0.3, -0.25) is 0 Å². The number of anilines is 2. The molecule has 0 atom stereocenters. The maximum absolute atomic E-state index is 2.55. The minimum absolute atomic E-state index is 0.860. The van der Waals surface area contributed by atoms with E-state index in [4.69, 9.17) is 0 Å². The van der Waals surface area contributed by atoms with Gasteiger partial charge in [-0.05, 0) is 69.0 Å². The Morgan fingerprint density at radius 3 is 2.04 bits per heavy atom. The van der Waals surface area contributed by atoms with Crippen LogP contribution in [-0.4, -0.2) is 31.1 Å². The highest BCUT2D eigenvalue weighted by atomic mass is 15.2. The molecule has 1 aliphatic carbocycles. The number of benzene rings is 2. The van der Waals surface area contributed by atoms with Crippen molar-refractivity contribution in [3.05, 3.63) is 59.7 Å². The van der Waals surface area contributed by atoms with Crippen LogP contribution in [0.2, 0.25) is 0 Å². The predicted molar refractivity (Wildman–Crippen MR) is 97.6 cm³/mol. The van der Waals surface area contributed by atoms with Gasteiger partial charge in [-0.15, -0.1) is 0 Å². The monoisotopic (exact) mass is 306 g/mol. The number of hydrogen-bond donors (Lipinski definition) is 0. The zero-order chi connectivity index (χ0) is 15.6. The van der Waals surface area contributed by atoms with E-state index in [0.29, 0.717) is 0 Å². The Bertz CT molecular complexity index is 628. The minimum Gasteiger partial charge on any atom is -0.341 e. The average molecular weight is 306 g/mol. The maximum atomic E-state index is 2.55. The lowest BCUT2D eigenvalue weighted by Gasteiger charge is -2.28. The van der Waals surface area contributed by atoms with Crippen LogP contribution in [0.15, 0.2) is 48.5 Å². The molecule has 0 N–H and O–H groups in total. The number of fused-ring (bicyclic) bond motifs is 2. The van der Waals surface area contributed by atoms with Gasteiger partial charge in [0.25, 0.3) is 0 Å². The number of nitrogens with zero attached hydrogens (tertiary/aromatic N) is 2. The molecule has 1 fully saturated rings. The first-order valence-electron chi connectivity index (χ1n) is 8.96. The van der Waals surface area contributed by atoms with Crippen molar-refractivity contribution in [2.45, 2.75) is 38.1 Å². The second-order valence-electron chi connectivity index (χ2n) is 6.97.